The summed E-state index contributed by atoms with van der Waals surface area (Å²) in [6.45, 7) is 3.91. The predicted octanol–water partition coefficient (Wildman–Crippen LogP) is -0.106. The normalized spacial score (nSPS) is 41.1. The van der Waals surface area contributed by atoms with Gasteiger partial charge in [0.25, 0.3) is 0 Å². The Bertz CT molecular complexity index is 272. The lowest BCUT2D eigenvalue weighted by molar-refractivity contribution is -0.142. The number of nitrogens with zero attached hydrogens (tertiary/aromatic N) is 1. The molecule has 2 aliphatic rings. The van der Waals surface area contributed by atoms with E-state index in [9.17, 15) is 9.90 Å². The fraction of sp³-hybridized carbons (Fsp3) is 0.909. The van der Waals surface area contributed by atoms with E-state index >= 15 is 0 Å². The van der Waals surface area contributed by atoms with Gasteiger partial charge in [0.15, 0.2) is 0 Å². The van der Waals surface area contributed by atoms with E-state index in [1.807, 2.05) is 7.05 Å². The first-order chi connectivity index (χ1) is 7.58. The predicted molar refractivity (Wildman–Crippen MR) is 60.9 cm³/mol. The molecule has 0 radical (unpaired) electrons. The van der Waals surface area contributed by atoms with Crippen LogP contribution in [0.15, 0.2) is 0 Å². The van der Waals surface area contributed by atoms with E-state index in [-0.39, 0.29) is 12.0 Å². The topological polar surface area (TPSA) is 64.6 Å². The molecule has 0 aromatic rings. The van der Waals surface area contributed by atoms with Crippen LogP contribution in [0.3, 0.4) is 0 Å². The fourth-order valence-corrected chi connectivity index (χ4v) is 2.93. The Hall–Kier alpha value is -0.650. The lowest BCUT2D eigenvalue weighted by Crippen LogP contribution is -2.53. The van der Waals surface area contributed by atoms with Crippen LogP contribution >= 0.6 is 0 Å². The van der Waals surface area contributed by atoms with Crippen molar-refractivity contribution < 1.29 is 9.90 Å². The van der Waals surface area contributed by atoms with Crippen LogP contribution < -0.4 is 10.7 Å². The van der Waals surface area contributed by atoms with E-state index < -0.39 is 5.97 Å². The summed E-state index contributed by atoms with van der Waals surface area (Å²) in [5.41, 5.74) is 3.25. The van der Waals surface area contributed by atoms with E-state index in [0.717, 1.165) is 25.9 Å². The third-order valence-corrected chi connectivity index (χ3v) is 3.83. The van der Waals surface area contributed by atoms with Gasteiger partial charge in [0.2, 0.25) is 0 Å². The van der Waals surface area contributed by atoms with Gasteiger partial charge in [0.05, 0.1) is 0 Å². The third-order valence-electron chi connectivity index (χ3n) is 3.83. The van der Waals surface area contributed by atoms with Crippen molar-refractivity contribution >= 4 is 5.97 Å². The van der Waals surface area contributed by atoms with E-state index in [2.05, 4.69) is 22.7 Å². The average Bonchev–Trinajstić information content (AvgIpc) is 2.64. The SMILES string of the molecule is CC1CCC(C2CNN(C)C2)C(C(=O)O)N1. The molecule has 2 heterocycles. The molecule has 2 rings (SSSR count). The second-order valence-corrected chi connectivity index (χ2v) is 5.13. The zero-order chi connectivity index (χ0) is 11.7. The standard InChI is InChI=1S/C11H21N3O2/c1-7-3-4-9(10(13-7)11(15)16)8-5-12-14(2)6-8/h7-10,12-13H,3-6H2,1-2H3,(H,15,16). The highest BCUT2D eigenvalue weighted by atomic mass is 16.4. The molecule has 16 heavy (non-hydrogen) atoms. The lowest BCUT2D eigenvalue weighted by Gasteiger charge is -2.36. The molecule has 4 atom stereocenters. The van der Waals surface area contributed by atoms with Crippen LogP contribution in [0, 0.1) is 11.8 Å². The molecule has 92 valence electrons. The van der Waals surface area contributed by atoms with Gasteiger partial charge in [-0.05, 0) is 31.6 Å². The number of aliphatic carboxylic acids is 1. The third kappa shape index (κ3) is 2.36. The van der Waals surface area contributed by atoms with Gasteiger partial charge in [-0.25, -0.2) is 5.01 Å². The zero-order valence-corrected chi connectivity index (χ0v) is 9.94. The van der Waals surface area contributed by atoms with Gasteiger partial charge >= 0.3 is 5.97 Å². The Morgan fingerprint density at radius 2 is 2.19 bits per heavy atom. The number of hydrogen-bond donors (Lipinski definition) is 3. The second kappa shape index (κ2) is 4.69. The summed E-state index contributed by atoms with van der Waals surface area (Å²) in [7, 11) is 2.01. The number of nitrogens with one attached hydrogen (secondary N) is 2. The molecule has 0 bridgehead atoms. The monoisotopic (exact) mass is 227 g/mol. The minimum absolute atomic E-state index is 0.256. The number of hydrazine groups is 1. The van der Waals surface area contributed by atoms with Crippen LogP contribution in [-0.2, 0) is 4.79 Å². The summed E-state index contributed by atoms with van der Waals surface area (Å²) in [6, 6.07) is -0.0495. The second-order valence-electron chi connectivity index (χ2n) is 5.13. The van der Waals surface area contributed by atoms with Crippen molar-refractivity contribution in [1.82, 2.24) is 15.8 Å². The summed E-state index contributed by atoms with van der Waals surface area (Å²) in [4.78, 5) is 11.3. The lowest BCUT2D eigenvalue weighted by atomic mass is 9.79. The maximum Gasteiger partial charge on any atom is 0.321 e. The summed E-state index contributed by atoms with van der Waals surface area (Å²) >= 11 is 0. The molecule has 5 nitrogen and oxygen atoms in total. The van der Waals surface area contributed by atoms with E-state index in [1.165, 1.54) is 0 Å². The molecule has 5 heteroatoms. The highest BCUT2D eigenvalue weighted by Gasteiger charge is 2.39. The van der Waals surface area contributed by atoms with Crippen LogP contribution in [0.4, 0.5) is 0 Å². The number of carboxylic acid groups (broad SMARTS) is 1. The molecule has 2 saturated heterocycles. The van der Waals surface area contributed by atoms with Crippen LogP contribution in [0.2, 0.25) is 0 Å². The summed E-state index contributed by atoms with van der Waals surface area (Å²) in [5, 5.41) is 14.5. The molecule has 3 N–H and O–H groups in total. The van der Waals surface area contributed by atoms with Gasteiger partial charge in [-0.2, -0.15) is 0 Å². The van der Waals surface area contributed by atoms with E-state index in [1.54, 1.807) is 0 Å². The Morgan fingerprint density at radius 3 is 2.75 bits per heavy atom. The van der Waals surface area contributed by atoms with Crippen molar-refractivity contribution in [2.45, 2.75) is 31.8 Å². The maximum absolute atomic E-state index is 11.3. The van der Waals surface area contributed by atoms with Crippen LogP contribution in [0.5, 0.6) is 0 Å². The molecule has 2 fully saturated rings. The molecule has 0 spiro atoms. The van der Waals surface area contributed by atoms with Crippen molar-refractivity contribution in [2.75, 3.05) is 20.1 Å². The zero-order valence-electron chi connectivity index (χ0n) is 9.94. The van der Waals surface area contributed by atoms with Crippen molar-refractivity contribution in [3.63, 3.8) is 0 Å². The Labute approximate surface area is 96.2 Å². The highest BCUT2D eigenvalue weighted by molar-refractivity contribution is 5.74. The first-order valence-corrected chi connectivity index (χ1v) is 6.01. The molecule has 0 aliphatic carbocycles. The Morgan fingerprint density at radius 1 is 1.44 bits per heavy atom. The molecule has 0 aromatic heterocycles. The largest absolute Gasteiger partial charge is 0.480 e. The van der Waals surface area contributed by atoms with Crippen LogP contribution in [0.25, 0.3) is 0 Å². The van der Waals surface area contributed by atoms with Gasteiger partial charge in [-0.3, -0.25) is 10.2 Å². The summed E-state index contributed by atoms with van der Waals surface area (Å²) < 4.78 is 0. The minimum Gasteiger partial charge on any atom is -0.480 e. The number of carboxylic acids is 1. The number of piperidine rings is 1. The highest BCUT2D eigenvalue weighted by Crippen LogP contribution is 2.29. The van der Waals surface area contributed by atoms with Crippen LogP contribution in [-0.4, -0.2) is 48.3 Å². The molecule has 0 aromatic carbocycles. The average molecular weight is 227 g/mol. The molecule has 0 amide bonds. The first-order valence-electron chi connectivity index (χ1n) is 6.01. The smallest absolute Gasteiger partial charge is 0.321 e. The Balaban J connectivity index is 2.03. The molecular formula is C11H21N3O2. The molecule has 2 aliphatic heterocycles. The maximum atomic E-state index is 11.3. The number of carbonyl (C=O) groups is 1. The quantitative estimate of drug-likeness (QED) is 0.614. The number of rotatable bonds is 2. The van der Waals surface area contributed by atoms with Gasteiger partial charge in [-0.15, -0.1) is 0 Å². The molecular weight excluding hydrogens is 206 g/mol. The van der Waals surface area contributed by atoms with Crippen LogP contribution in [0.1, 0.15) is 19.8 Å². The molecule has 4 unspecified atom stereocenters. The number of hydrogen-bond acceptors (Lipinski definition) is 4. The minimum atomic E-state index is -0.703. The van der Waals surface area contributed by atoms with E-state index in [4.69, 9.17) is 0 Å². The molecule has 0 saturated carbocycles. The van der Waals surface area contributed by atoms with Crippen molar-refractivity contribution in [3.8, 4) is 0 Å². The van der Waals surface area contributed by atoms with Gasteiger partial charge in [-0.1, -0.05) is 0 Å². The van der Waals surface area contributed by atoms with Crippen molar-refractivity contribution in [3.05, 3.63) is 0 Å². The summed E-state index contributed by atoms with van der Waals surface area (Å²) in [6.07, 6.45) is 2.10. The fourth-order valence-electron chi connectivity index (χ4n) is 2.93. The van der Waals surface area contributed by atoms with Crippen molar-refractivity contribution in [2.24, 2.45) is 11.8 Å². The Kier molecular flexibility index (Phi) is 3.47. The van der Waals surface area contributed by atoms with E-state index in [0.29, 0.717) is 12.0 Å². The first kappa shape index (κ1) is 11.8. The van der Waals surface area contributed by atoms with Gasteiger partial charge < -0.3 is 10.4 Å². The summed E-state index contributed by atoms with van der Waals surface area (Å²) in [5.74, 6) is 0.00310. The van der Waals surface area contributed by atoms with Gasteiger partial charge in [0.1, 0.15) is 6.04 Å². The van der Waals surface area contributed by atoms with Gasteiger partial charge in [0, 0.05) is 26.2 Å². The van der Waals surface area contributed by atoms with Crippen molar-refractivity contribution in [1.29, 1.82) is 0 Å².